The predicted molar refractivity (Wildman–Crippen MR) is 88.3 cm³/mol. The summed E-state index contributed by atoms with van der Waals surface area (Å²) in [6.07, 6.45) is 5.65. The molecule has 1 amide bonds. The summed E-state index contributed by atoms with van der Waals surface area (Å²) >= 11 is 0. The fraction of sp³-hybridized carbons (Fsp3) is 0.588. The van der Waals surface area contributed by atoms with Gasteiger partial charge >= 0.3 is 0 Å². The van der Waals surface area contributed by atoms with E-state index in [4.69, 9.17) is 0 Å². The lowest BCUT2D eigenvalue weighted by Crippen LogP contribution is -2.47. The zero-order valence-corrected chi connectivity index (χ0v) is 14.1. The van der Waals surface area contributed by atoms with Gasteiger partial charge in [-0.3, -0.25) is 4.79 Å². The van der Waals surface area contributed by atoms with Gasteiger partial charge in [0.25, 0.3) is 0 Å². The minimum Gasteiger partial charge on any atom is -0.353 e. The van der Waals surface area contributed by atoms with E-state index in [1.807, 2.05) is 6.07 Å². The fourth-order valence-electron chi connectivity index (χ4n) is 3.49. The van der Waals surface area contributed by atoms with Crippen LogP contribution in [-0.2, 0) is 14.8 Å². The summed E-state index contributed by atoms with van der Waals surface area (Å²) in [5.41, 5.74) is 0. The molecule has 5 nitrogen and oxygen atoms in total. The predicted octanol–water partition coefficient (Wildman–Crippen LogP) is 2.15. The first-order valence-corrected chi connectivity index (χ1v) is 9.87. The van der Waals surface area contributed by atoms with Gasteiger partial charge in [0, 0.05) is 25.0 Å². The van der Waals surface area contributed by atoms with Crippen LogP contribution in [0.4, 0.5) is 0 Å². The van der Waals surface area contributed by atoms with Crippen molar-refractivity contribution < 1.29 is 13.2 Å². The highest BCUT2D eigenvalue weighted by atomic mass is 32.2. The number of piperidine rings is 1. The lowest BCUT2D eigenvalue weighted by Gasteiger charge is -2.32. The normalized spacial score (nSPS) is 21.4. The second kappa shape index (κ2) is 7.01. The minimum atomic E-state index is -3.41. The monoisotopic (exact) mass is 336 g/mol. The fourth-order valence-corrected chi connectivity index (χ4v) is 4.98. The summed E-state index contributed by atoms with van der Waals surface area (Å²) in [5.74, 6) is 0.327. The lowest BCUT2D eigenvalue weighted by atomic mass is 10.0. The molecule has 126 valence electrons. The average Bonchev–Trinajstić information content (AvgIpc) is 3.11. The maximum Gasteiger partial charge on any atom is 0.243 e. The molecular formula is C17H24N2O3S. The van der Waals surface area contributed by atoms with Crippen molar-refractivity contribution >= 4 is 15.9 Å². The molecule has 0 unspecified atom stereocenters. The SMILES string of the molecule is O=C(NC1CCN(S(=O)(=O)c2ccccc2)CC1)C1CCCC1. The molecule has 2 aliphatic rings. The first-order valence-electron chi connectivity index (χ1n) is 8.43. The van der Waals surface area contributed by atoms with E-state index in [-0.39, 0.29) is 17.9 Å². The van der Waals surface area contributed by atoms with E-state index < -0.39 is 10.0 Å². The van der Waals surface area contributed by atoms with Gasteiger partial charge in [-0.25, -0.2) is 8.42 Å². The number of hydrogen-bond acceptors (Lipinski definition) is 3. The Balaban J connectivity index is 1.55. The third-order valence-electron chi connectivity index (χ3n) is 4.91. The van der Waals surface area contributed by atoms with Gasteiger partial charge in [-0.05, 0) is 37.8 Å². The molecule has 1 saturated carbocycles. The summed E-state index contributed by atoms with van der Waals surface area (Å²) in [4.78, 5) is 12.5. The smallest absolute Gasteiger partial charge is 0.243 e. The number of rotatable bonds is 4. The number of amides is 1. The first kappa shape index (κ1) is 16.5. The van der Waals surface area contributed by atoms with Gasteiger partial charge in [0.05, 0.1) is 4.90 Å². The van der Waals surface area contributed by atoms with Crippen LogP contribution >= 0.6 is 0 Å². The molecule has 1 saturated heterocycles. The number of hydrogen-bond donors (Lipinski definition) is 1. The van der Waals surface area contributed by atoms with E-state index in [9.17, 15) is 13.2 Å². The quantitative estimate of drug-likeness (QED) is 0.916. The minimum absolute atomic E-state index is 0.102. The Bertz CT molecular complexity index is 631. The van der Waals surface area contributed by atoms with Crippen LogP contribution in [0.1, 0.15) is 38.5 Å². The van der Waals surface area contributed by atoms with Gasteiger partial charge in [-0.1, -0.05) is 31.0 Å². The molecule has 2 fully saturated rings. The van der Waals surface area contributed by atoms with E-state index >= 15 is 0 Å². The number of carbonyl (C=O) groups is 1. The van der Waals surface area contributed by atoms with Crippen molar-refractivity contribution in [1.82, 2.24) is 9.62 Å². The van der Waals surface area contributed by atoms with E-state index in [2.05, 4.69) is 5.32 Å². The third-order valence-corrected chi connectivity index (χ3v) is 6.82. The summed E-state index contributed by atoms with van der Waals surface area (Å²) < 4.78 is 26.7. The van der Waals surface area contributed by atoms with Crippen molar-refractivity contribution in [1.29, 1.82) is 0 Å². The van der Waals surface area contributed by atoms with Crippen molar-refractivity contribution in [3.05, 3.63) is 30.3 Å². The molecule has 0 bridgehead atoms. The lowest BCUT2D eigenvalue weighted by molar-refractivity contribution is -0.125. The second-order valence-electron chi connectivity index (χ2n) is 6.48. The van der Waals surface area contributed by atoms with Gasteiger partial charge in [0.2, 0.25) is 15.9 Å². The highest BCUT2D eigenvalue weighted by Gasteiger charge is 2.31. The number of nitrogens with one attached hydrogen (secondary N) is 1. The average molecular weight is 336 g/mol. The van der Waals surface area contributed by atoms with Crippen LogP contribution in [0.5, 0.6) is 0 Å². The summed E-state index contributed by atoms with van der Waals surface area (Å²) in [7, 11) is -3.41. The van der Waals surface area contributed by atoms with E-state index in [0.29, 0.717) is 30.8 Å². The largest absolute Gasteiger partial charge is 0.353 e. The molecule has 1 N–H and O–H groups in total. The Kier molecular flexibility index (Phi) is 5.02. The van der Waals surface area contributed by atoms with Crippen LogP contribution in [0.25, 0.3) is 0 Å². The first-order chi connectivity index (χ1) is 11.1. The van der Waals surface area contributed by atoms with Crippen molar-refractivity contribution in [2.45, 2.75) is 49.5 Å². The van der Waals surface area contributed by atoms with Crippen molar-refractivity contribution in [2.24, 2.45) is 5.92 Å². The Hall–Kier alpha value is -1.40. The molecule has 1 aliphatic heterocycles. The highest BCUT2D eigenvalue weighted by molar-refractivity contribution is 7.89. The van der Waals surface area contributed by atoms with Gasteiger partial charge < -0.3 is 5.32 Å². The zero-order valence-electron chi connectivity index (χ0n) is 13.3. The van der Waals surface area contributed by atoms with Gasteiger partial charge in [0.15, 0.2) is 0 Å². The maximum atomic E-state index is 12.6. The number of benzene rings is 1. The molecule has 1 heterocycles. The summed E-state index contributed by atoms with van der Waals surface area (Å²) in [6, 6.07) is 8.64. The van der Waals surface area contributed by atoms with Crippen LogP contribution in [-0.4, -0.2) is 37.8 Å². The molecule has 0 aromatic heterocycles. The van der Waals surface area contributed by atoms with Crippen LogP contribution in [0, 0.1) is 5.92 Å². The van der Waals surface area contributed by atoms with Gasteiger partial charge in [-0.15, -0.1) is 0 Å². The molecule has 0 spiro atoms. The Morgan fingerprint density at radius 2 is 1.61 bits per heavy atom. The Morgan fingerprint density at radius 3 is 2.22 bits per heavy atom. The third kappa shape index (κ3) is 3.75. The zero-order chi connectivity index (χ0) is 16.3. The number of nitrogens with zero attached hydrogens (tertiary/aromatic N) is 1. The molecule has 3 rings (SSSR count). The summed E-state index contributed by atoms with van der Waals surface area (Å²) in [5, 5.41) is 3.11. The molecule has 6 heteroatoms. The van der Waals surface area contributed by atoms with Gasteiger partial charge in [0.1, 0.15) is 0 Å². The van der Waals surface area contributed by atoms with Crippen molar-refractivity contribution in [3.63, 3.8) is 0 Å². The van der Waals surface area contributed by atoms with Crippen LogP contribution < -0.4 is 5.32 Å². The van der Waals surface area contributed by atoms with E-state index in [1.165, 1.54) is 4.31 Å². The van der Waals surface area contributed by atoms with Crippen LogP contribution in [0.3, 0.4) is 0 Å². The van der Waals surface area contributed by atoms with Crippen LogP contribution in [0.15, 0.2) is 35.2 Å². The molecule has 1 aliphatic carbocycles. The molecule has 0 radical (unpaired) electrons. The highest BCUT2D eigenvalue weighted by Crippen LogP contribution is 2.26. The van der Waals surface area contributed by atoms with Crippen molar-refractivity contribution in [3.8, 4) is 0 Å². The molecule has 23 heavy (non-hydrogen) atoms. The number of sulfonamides is 1. The standard InChI is InChI=1S/C17H24N2O3S/c20-17(14-6-4-5-7-14)18-15-10-12-19(13-11-15)23(21,22)16-8-2-1-3-9-16/h1-3,8-9,14-15H,4-7,10-13H2,(H,18,20). The Labute approximate surface area is 138 Å². The van der Waals surface area contributed by atoms with Crippen molar-refractivity contribution in [2.75, 3.05) is 13.1 Å². The van der Waals surface area contributed by atoms with Gasteiger partial charge in [-0.2, -0.15) is 4.31 Å². The van der Waals surface area contributed by atoms with E-state index in [1.54, 1.807) is 24.3 Å². The summed E-state index contributed by atoms with van der Waals surface area (Å²) in [6.45, 7) is 0.930. The molecular weight excluding hydrogens is 312 g/mol. The van der Waals surface area contributed by atoms with Crippen LogP contribution in [0.2, 0.25) is 0 Å². The maximum absolute atomic E-state index is 12.6. The number of carbonyl (C=O) groups excluding carboxylic acids is 1. The molecule has 0 atom stereocenters. The van der Waals surface area contributed by atoms with E-state index in [0.717, 1.165) is 25.7 Å². The molecule has 1 aromatic carbocycles. The topological polar surface area (TPSA) is 66.5 Å². The second-order valence-corrected chi connectivity index (χ2v) is 8.42. The molecule has 1 aromatic rings. The Morgan fingerprint density at radius 1 is 1.00 bits per heavy atom.